The van der Waals surface area contributed by atoms with Crippen molar-refractivity contribution in [2.24, 2.45) is 0 Å². The van der Waals surface area contributed by atoms with Gasteiger partial charge in [0.05, 0.1) is 17.3 Å². The summed E-state index contributed by atoms with van der Waals surface area (Å²) in [6.07, 6.45) is 2.28. The standard InChI is InChI=1S/C16H21N3O2/c1-2-19(10-12-6-4-8-21-12)16(20)14-9-11-5-3-7-13(17)15(11)18-14/h3,5,7,9,12,18H,2,4,6,8,10,17H2,1H3. The monoisotopic (exact) mass is 287 g/mol. The van der Waals surface area contributed by atoms with Crippen LogP contribution in [0.2, 0.25) is 0 Å². The highest BCUT2D eigenvalue weighted by molar-refractivity contribution is 6.00. The Kier molecular flexibility index (Phi) is 3.84. The van der Waals surface area contributed by atoms with Crippen molar-refractivity contribution < 1.29 is 9.53 Å². The van der Waals surface area contributed by atoms with Crippen LogP contribution < -0.4 is 5.73 Å². The number of nitrogens with two attached hydrogens (primary N) is 1. The number of aromatic amines is 1. The summed E-state index contributed by atoms with van der Waals surface area (Å²) in [6.45, 7) is 4.12. The van der Waals surface area contributed by atoms with Crippen molar-refractivity contribution in [2.75, 3.05) is 25.4 Å². The molecule has 1 unspecified atom stereocenters. The third kappa shape index (κ3) is 2.74. The van der Waals surface area contributed by atoms with Crippen LogP contribution in [-0.4, -0.2) is 41.6 Å². The Morgan fingerprint density at radius 2 is 2.38 bits per heavy atom. The number of H-pyrrole nitrogens is 1. The number of fused-ring (bicyclic) bond motifs is 1. The number of rotatable bonds is 4. The van der Waals surface area contributed by atoms with Crippen molar-refractivity contribution in [1.82, 2.24) is 9.88 Å². The fourth-order valence-corrected chi connectivity index (χ4v) is 2.85. The second kappa shape index (κ2) is 5.77. The normalized spacial score (nSPS) is 18.2. The summed E-state index contributed by atoms with van der Waals surface area (Å²) in [4.78, 5) is 17.6. The summed E-state index contributed by atoms with van der Waals surface area (Å²) < 4.78 is 5.63. The molecule has 1 atom stereocenters. The molecule has 0 radical (unpaired) electrons. The van der Waals surface area contributed by atoms with E-state index in [1.54, 1.807) is 0 Å². The molecule has 1 aromatic heterocycles. The lowest BCUT2D eigenvalue weighted by atomic mass is 10.2. The first kappa shape index (κ1) is 13.9. The summed E-state index contributed by atoms with van der Waals surface area (Å²) in [5, 5.41) is 0.964. The van der Waals surface area contributed by atoms with Gasteiger partial charge in [0.2, 0.25) is 0 Å². The van der Waals surface area contributed by atoms with Crippen LogP contribution in [0.4, 0.5) is 5.69 Å². The van der Waals surface area contributed by atoms with Gasteiger partial charge >= 0.3 is 0 Å². The van der Waals surface area contributed by atoms with Gasteiger partial charge in [0.15, 0.2) is 0 Å². The Labute approximate surface area is 124 Å². The minimum Gasteiger partial charge on any atom is -0.397 e. The van der Waals surface area contributed by atoms with E-state index in [-0.39, 0.29) is 12.0 Å². The number of hydrogen-bond acceptors (Lipinski definition) is 3. The van der Waals surface area contributed by atoms with Gasteiger partial charge in [-0.2, -0.15) is 0 Å². The second-order valence-corrected chi connectivity index (χ2v) is 5.47. The van der Waals surface area contributed by atoms with Gasteiger partial charge in [-0.25, -0.2) is 0 Å². The topological polar surface area (TPSA) is 71.3 Å². The molecule has 1 aliphatic rings. The van der Waals surface area contributed by atoms with Crippen LogP contribution in [-0.2, 0) is 4.74 Å². The van der Waals surface area contributed by atoms with Crippen LogP contribution in [0.15, 0.2) is 24.3 Å². The molecule has 1 fully saturated rings. The number of likely N-dealkylation sites (N-methyl/N-ethyl adjacent to an activating group) is 1. The SMILES string of the molecule is CCN(CC1CCCO1)C(=O)c1cc2cccc(N)c2[nH]1. The first-order chi connectivity index (χ1) is 10.2. The number of carbonyl (C=O) groups excluding carboxylic acids is 1. The van der Waals surface area contributed by atoms with Gasteiger partial charge in [-0.05, 0) is 31.9 Å². The zero-order valence-corrected chi connectivity index (χ0v) is 12.3. The lowest BCUT2D eigenvalue weighted by Gasteiger charge is -2.23. The third-order valence-corrected chi connectivity index (χ3v) is 4.04. The van der Waals surface area contributed by atoms with E-state index >= 15 is 0 Å². The number of hydrogen-bond donors (Lipinski definition) is 2. The van der Waals surface area contributed by atoms with Crippen molar-refractivity contribution in [3.8, 4) is 0 Å². The zero-order valence-electron chi connectivity index (χ0n) is 12.3. The molecule has 2 aromatic rings. The highest BCUT2D eigenvalue weighted by Crippen LogP contribution is 2.22. The molecule has 1 aromatic carbocycles. The van der Waals surface area contributed by atoms with E-state index in [2.05, 4.69) is 4.98 Å². The van der Waals surface area contributed by atoms with Gasteiger partial charge in [0.25, 0.3) is 5.91 Å². The molecule has 0 saturated carbocycles. The van der Waals surface area contributed by atoms with Gasteiger partial charge in [-0.1, -0.05) is 12.1 Å². The maximum Gasteiger partial charge on any atom is 0.270 e. The number of anilines is 1. The predicted octanol–water partition coefficient (Wildman–Crippen LogP) is 2.39. The van der Waals surface area contributed by atoms with Gasteiger partial charge < -0.3 is 20.4 Å². The summed E-state index contributed by atoms with van der Waals surface area (Å²) in [7, 11) is 0. The summed E-state index contributed by atoms with van der Waals surface area (Å²) >= 11 is 0. The molecule has 112 valence electrons. The first-order valence-corrected chi connectivity index (χ1v) is 7.47. The Morgan fingerprint density at radius 1 is 1.52 bits per heavy atom. The highest BCUT2D eigenvalue weighted by Gasteiger charge is 2.23. The van der Waals surface area contributed by atoms with Crippen LogP contribution in [0.1, 0.15) is 30.3 Å². The van der Waals surface area contributed by atoms with Crippen molar-refractivity contribution in [3.63, 3.8) is 0 Å². The van der Waals surface area contributed by atoms with Crippen LogP contribution in [0.25, 0.3) is 10.9 Å². The number of ether oxygens (including phenoxy) is 1. The van der Waals surface area contributed by atoms with Crippen molar-refractivity contribution in [2.45, 2.75) is 25.9 Å². The van der Waals surface area contributed by atoms with E-state index in [4.69, 9.17) is 10.5 Å². The minimum atomic E-state index is 0.00333. The fourth-order valence-electron chi connectivity index (χ4n) is 2.85. The minimum absolute atomic E-state index is 0.00333. The average molecular weight is 287 g/mol. The smallest absolute Gasteiger partial charge is 0.270 e. The molecule has 3 rings (SSSR count). The lowest BCUT2D eigenvalue weighted by molar-refractivity contribution is 0.0535. The molecular weight excluding hydrogens is 266 g/mol. The van der Waals surface area contributed by atoms with E-state index in [1.165, 1.54) is 0 Å². The molecule has 5 heteroatoms. The average Bonchev–Trinajstić information content (AvgIpc) is 3.13. The molecule has 5 nitrogen and oxygen atoms in total. The van der Waals surface area contributed by atoms with Crippen LogP contribution in [0.3, 0.4) is 0 Å². The summed E-state index contributed by atoms with van der Waals surface area (Å²) in [6, 6.07) is 7.54. The van der Waals surface area contributed by atoms with Crippen molar-refractivity contribution >= 4 is 22.5 Å². The Hall–Kier alpha value is -2.01. The van der Waals surface area contributed by atoms with Crippen LogP contribution in [0.5, 0.6) is 0 Å². The molecule has 0 bridgehead atoms. The Balaban J connectivity index is 1.82. The molecule has 1 amide bonds. The van der Waals surface area contributed by atoms with E-state index < -0.39 is 0 Å². The fraction of sp³-hybridized carbons (Fsp3) is 0.438. The van der Waals surface area contributed by atoms with Crippen LogP contribution in [0, 0.1) is 0 Å². The molecular formula is C16H21N3O2. The number of para-hydroxylation sites is 1. The number of benzene rings is 1. The maximum atomic E-state index is 12.6. The summed E-state index contributed by atoms with van der Waals surface area (Å²) in [5.41, 5.74) is 8.01. The van der Waals surface area contributed by atoms with Crippen molar-refractivity contribution in [3.05, 3.63) is 30.0 Å². The second-order valence-electron chi connectivity index (χ2n) is 5.47. The van der Waals surface area contributed by atoms with E-state index in [1.807, 2.05) is 36.1 Å². The molecule has 1 saturated heterocycles. The van der Waals surface area contributed by atoms with E-state index in [0.717, 1.165) is 30.4 Å². The molecule has 0 aliphatic carbocycles. The Bertz CT molecular complexity index is 644. The number of nitrogens with zero attached hydrogens (tertiary/aromatic N) is 1. The predicted molar refractivity (Wildman–Crippen MR) is 83.3 cm³/mol. The zero-order chi connectivity index (χ0) is 14.8. The van der Waals surface area contributed by atoms with Crippen LogP contribution >= 0.6 is 0 Å². The Morgan fingerprint density at radius 3 is 3.05 bits per heavy atom. The van der Waals surface area contributed by atoms with E-state index in [9.17, 15) is 4.79 Å². The van der Waals surface area contributed by atoms with E-state index in [0.29, 0.717) is 24.5 Å². The van der Waals surface area contributed by atoms with Gasteiger partial charge in [0, 0.05) is 25.1 Å². The largest absolute Gasteiger partial charge is 0.397 e. The van der Waals surface area contributed by atoms with Crippen molar-refractivity contribution in [1.29, 1.82) is 0 Å². The molecule has 1 aliphatic heterocycles. The molecule has 3 N–H and O–H groups in total. The number of carbonyl (C=O) groups is 1. The highest BCUT2D eigenvalue weighted by atomic mass is 16.5. The quantitative estimate of drug-likeness (QED) is 0.848. The number of aromatic nitrogens is 1. The van der Waals surface area contributed by atoms with Gasteiger partial charge in [-0.15, -0.1) is 0 Å². The summed E-state index contributed by atoms with van der Waals surface area (Å²) in [5.74, 6) is 0.00333. The lowest BCUT2D eigenvalue weighted by Crippen LogP contribution is -2.37. The first-order valence-electron chi connectivity index (χ1n) is 7.47. The maximum absolute atomic E-state index is 12.6. The van der Waals surface area contributed by atoms with Gasteiger partial charge in [0.1, 0.15) is 5.69 Å². The number of nitrogen functional groups attached to an aromatic ring is 1. The third-order valence-electron chi connectivity index (χ3n) is 4.04. The molecule has 2 heterocycles. The number of amides is 1. The van der Waals surface area contributed by atoms with Gasteiger partial charge in [-0.3, -0.25) is 4.79 Å². The molecule has 0 spiro atoms. The molecule has 21 heavy (non-hydrogen) atoms. The number of nitrogens with one attached hydrogen (secondary N) is 1.